The van der Waals surface area contributed by atoms with Gasteiger partial charge in [-0.1, -0.05) is 30.3 Å². The number of hydrogen-bond donors (Lipinski definition) is 1. The average molecular weight is 260 g/mol. The molecule has 0 amide bonds. The molecule has 2 aromatic carbocycles. The van der Waals surface area contributed by atoms with Gasteiger partial charge >= 0.3 is 0 Å². The highest BCUT2D eigenvalue weighted by Gasteiger charge is 2.14. The van der Waals surface area contributed by atoms with E-state index >= 15 is 0 Å². The molecule has 0 aliphatic heterocycles. The van der Waals surface area contributed by atoms with Gasteiger partial charge < -0.3 is 9.84 Å². The first kappa shape index (κ1) is 13.6. The number of benzene rings is 2. The van der Waals surface area contributed by atoms with Crippen molar-refractivity contribution in [3.8, 4) is 5.75 Å². The molecule has 0 aromatic heterocycles. The van der Waals surface area contributed by atoms with Gasteiger partial charge in [-0.15, -0.1) is 0 Å². The molecule has 3 heteroatoms. The van der Waals surface area contributed by atoms with Crippen molar-refractivity contribution in [3.63, 3.8) is 0 Å². The number of ether oxygens (including phenoxy) is 1. The van der Waals surface area contributed by atoms with Crippen molar-refractivity contribution in [1.29, 1.82) is 0 Å². The molecule has 0 bridgehead atoms. The van der Waals surface area contributed by atoms with Crippen LogP contribution >= 0.6 is 0 Å². The first-order valence-corrected chi connectivity index (χ1v) is 6.27. The molecule has 0 heterocycles. The Morgan fingerprint density at radius 2 is 1.63 bits per heavy atom. The molecular formula is C16H17FO2. The summed E-state index contributed by atoms with van der Waals surface area (Å²) in [4.78, 5) is 0. The molecule has 19 heavy (non-hydrogen) atoms. The van der Waals surface area contributed by atoms with Crippen molar-refractivity contribution in [2.45, 2.75) is 26.1 Å². The standard InChI is InChI=1S/C16H17FO2/c1-11(2)19-13-9-7-12(8-10-13)16(18)14-5-3-4-6-15(14)17/h3-11,16,18H,1-2H3. The van der Waals surface area contributed by atoms with Gasteiger partial charge in [-0.25, -0.2) is 4.39 Å². The number of rotatable bonds is 4. The summed E-state index contributed by atoms with van der Waals surface area (Å²) in [6.45, 7) is 3.89. The largest absolute Gasteiger partial charge is 0.491 e. The van der Waals surface area contributed by atoms with Gasteiger partial charge in [0.15, 0.2) is 0 Å². The molecule has 1 atom stereocenters. The fraction of sp³-hybridized carbons (Fsp3) is 0.250. The lowest BCUT2D eigenvalue weighted by Crippen LogP contribution is -2.06. The van der Waals surface area contributed by atoms with Crippen molar-refractivity contribution in [2.24, 2.45) is 0 Å². The maximum atomic E-state index is 13.6. The zero-order valence-corrected chi connectivity index (χ0v) is 11.0. The third kappa shape index (κ3) is 3.32. The van der Waals surface area contributed by atoms with Gasteiger partial charge in [0.25, 0.3) is 0 Å². The molecule has 0 saturated heterocycles. The minimum absolute atomic E-state index is 0.0994. The fourth-order valence-corrected chi connectivity index (χ4v) is 1.88. The minimum Gasteiger partial charge on any atom is -0.491 e. The van der Waals surface area contributed by atoms with Crippen molar-refractivity contribution < 1.29 is 14.2 Å². The highest BCUT2D eigenvalue weighted by atomic mass is 19.1. The Kier molecular flexibility index (Phi) is 4.17. The summed E-state index contributed by atoms with van der Waals surface area (Å²) < 4.78 is 19.1. The van der Waals surface area contributed by atoms with E-state index in [-0.39, 0.29) is 11.7 Å². The third-order valence-electron chi connectivity index (χ3n) is 2.77. The van der Waals surface area contributed by atoms with Crippen LogP contribution in [0.5, 0.6) is 5.75 Å². The second-order valence-electron chi connectivity index (χ2n) is 4.66. The molecule has 2 nitrogen and oxygen atoms in total. The molecule has 2 aromatic rings. The smallest absolute Gasteiger partial charge is 0.129 e. The Hall–Kier alpha value is -1.87. The number of aliphatic hydroxyl groups excluding tert-OH is 1. The van der Waals surface area contributed by atoms with Gasteiger partial charge in [-0.05, 0) is 37.6 Å². The Balaban J connectivity index is 2.20. The molecule has 0 aliphatic rings. The van der Waals surface area contributed by atoms with Crippen molar-refractivity contribution >= 4 is 0 Å². The summed E-state index contributed by atoms with van der Waals surface area (Å²) in [5, 5.41) is 10.2. The summed E-state index contributed by atoms with van der Waals surface area (Å²) >= 11 is 0. The molecule has 2 rings (SSSR count). The highest BCUT2D eigenvalue weighted by molar-refractivity contribution is 5.34. The molecule has 100 valence electrons. The van der Waals surface area contributed by atoms with E-state index in [0.717, 1.165) is 5.75 Å². The minimum atomic E-state index is -0.964. The van der Waals surface area contributed by atoms with Crippen LogP contribution in [-0.4, -0.2) is 11.2 Å². The van der Waals surface area contributed by atoms with Crippen LogP contribution in [-0.2, 0) is 0 Å². The van der Waals surface area contributed by atoms with Crippen molar-refractivity contribution in [2.75, 3.05) is 0 Å². The highest BCUT2D eigenvalue weighted by Crippen LogP contribution is 2.25. The molecule has 0 aliphatic carbocycles. The molecule has 0 spiro atoms. The second-order valence-corrected chi connectivity index (χ2v) is 4.66. The molecule has 0 fully saturated rings. The van der Waals surface area contributed by atoms with Crippen LogP contribution in [0.15, 0.2) is 48.5 Å². The van der Waals surface area contributed by atoms with Crippen LogP contribution in [0.4, 0.5) is 4.39 Å². The predicted molar refractivity (Wildman–Crippen MR) is 72.7 cm³/mol. The Morgan fingerprint density at radius 3 is 2.21 bits per heavy atom. The van der Waals surface area contributed by atoms with E-state index in [1.165, 1.54) is 6.07 Å². The zero-order valence-electron chi connectivity index (χ0n) is 11.0. The van der Waals surface area contributed by atoms with E-state index in [2.05, 4.69) is 0 Å². The third-order valence-corrected chi connectivity index (χ3v) is 2.77. The maximum Gasteiger partial charge on any atom is 0.129 e. The SMILES string of the molecule is CC(C)Oc1ccc(C(O)c2ccccc2F)cc1. The average Bonchev–Trinajstić information content (AvgIpc) is 2.39. The lowest BCUT2D eigenvalue weighted by atomic mass is 10.0. The Labute approximate surface area is 112 Å². The van der Waals surface area contributed by atoms with Crippen LogP contribution in [0, 0.1) is 5.82 Å². The summed E-state index contributed by atoms with van der Waals surface area (Å²) in [5.74, 6) is 0.331. The van der Waals surface area contributed by atoms with Crippen LogP contribution in [0.2, 0.25) is 0 Å². The Morgan fingerprint density at radius 1 is 1.00 bits per heavy atom. The first-order valence-electron chi connectivity index (χ1n) is 6.27. The van der Waals surface area contributed by atoms with Gasteiger partial charge in [-0.2, -0.15) is 0 Å². The molecule has 1 N–H and O–H groups in total. The van der Waals surface area contributed by atoms with Gasteiger partial charge in [0.05, 0.1) is 6.10 Å². The van der Waals surface area contributed by atoms with Crippen LogP contribution < -0.4 is 4.74 Å². The number of aliphatic hydroxyl groups is 1. The van der Waals surface area contributed by atoms with E-state index < -0.39 is 11.9 Å². The van der Waals surface area contributed by atoms with Crippen molar-refractivity contribution in [1.82, 2.24) is 0 Å². The summed E-state index contributed by atoms with van der Waals surface area (Å²) in [6.07, 6.45) is -0.864. The lowest BCUT2D eigenvalue weighted by molar-refractivity contribution is 0.214. The van der Waals surface area contributed by atoms with E-state index in [9.17, 15) is 9.50 Å². The van der Waals surface area contributed by atoms with E-state index in [1.54, 1.807) is 42.5 Å². The quantitative estimate of drug-likeness (QED) is 0.908. The molecule has 1 unspecified atom stereocenters. The van der Waals surface area contributed by atoms with Crippen LogP contribution in [0.25, 0.3) is 0 Å². The van der Waals surface area contributed by atoms with Crippen LogP contribution in [0.1, 0.15) is 31.1 Å². The summed E-state index contributed by atoms with van der Waals surface area (Å²) in [6, 6.07) is 13.3. The van der Waals surface area contributed by atoms with E-state index in [1.807, 2.05) is 13.8 Å². The van der Waals surface area contributed by atoms with Crippen LogP contribution in [0.3, 0.4) is 0 Å². The lowest BCUT2D eigenvalue weighted by Gasteiger charge is -2.14. The summed E-state index contributed by atoms with van der Waals surface area (Å²) in [5.41, 5.74) is 0.918. The fourth-order valence-electron chi connectivity index (χ4n) is 1.88. The van der Waals surface area contributed by atoms with Gasteiger partial charge in [0.1, 0.15) is 17.7 Å². The predicted octanol–water partition coefficient (Wildman–Crippen LogP) is 3.69. The summed E-state index contributed by atoms with van der Waals surface area (Å²) in [7, 11) is 0. The molecular weight excluding hydrogens is 243 g/mol. The Bertz CT molecular complexity index is 535. The van der Waals surface area contributed by atoms with E-state index in [4.69, 9.17) is 4.74 Å². The normalized spacial score (nSPS) is 12.5. The molecule has 0 saturated carbocycles. The zero-order chi connectivity index (χ0) is 13.8. The first-order chi connectivity index (χ1) is 9.08. The number of halogens is 1. The topological polar surface area (TPSA) is 29.5 Å². The molecule has 0 radical (unpaired) electrons. The van der Waals surface area contributed by atoms with E-state index in [0.29, 0.717) is 5.56 Å². The number of hydrogen-bond acceptors (Lipinski definition) is 2. The monoisotopic (exact) mass is 260 g/mol. The van der Waals surface area contributed by atoms with Gasteiger partial charge in [0.2, 0.25) is 0 Å². The van der Waals surface area contributed by atoms with Gasteiger partial charge in [-0.3, -0.25) is 0 Å². The van der Waals surface area contributed by atoms with Gasteiger partial charge in [0, 0.05) is 5.56 Å². The maximum absolute atomic E-state index is 13.6. The second kappa shape index (κ2) is 5.85. The van der Waals surface area contributed by atoms with Crippen molar-refractivity contribution in [3.05, 3.63) is 65.5 Å².